The number of phenols is 1. The van der Waals surface area contributed by atoms with Crippen molar-refractivity contribution in [1.29, 1.82) is 0 Å². The third-order valence-corrected chi connectivity index (χ3v) is 10.0. The van der Waals surface area contributed by atoms with Crippen LogP contribution in [0.4, 0.5) is 0 Å². The molecule has 0 spiro atoms. The average Bonchev–Trinajstić information content (AvgIpc) is 3.66. The number of hydrogen-bond acceptors (Lipinski definition) is 10. The molecule has 20 nitrogen and oxygen atoms in total. The Balaban J connectivity index is 2.30. The van der Waals surface area contributed by atoms with Crippen LogP contribution in [-0.2, 0) is 35.2 Å². The number of carboxylic acids is 1. The van der Waals surface area contributed by atoms with Gasteiger partial charge in [0, 0.05) is 32.1 Å². The van der Waals surface area contributed by atoms with Crippen LogP contribution < -0.4 is 49.9 Å². The summed E-state index contributed by atoms with van der Waals surface area (Å²) in [5.41, 5.74) is 28.5. The van der Waals surface area contributed by atoms with Crippen molar-refractivity contribution in [3.8, 4) is 5.75 Å². The maximum absolute atomic E-state index is 14.1. The second-order valence-electron chi connectivity index (χ2n) is 15.5. The number of aliphatic carboxylic acids is 1. The topological polar surface area (TPSA) is 349 Å². The highest BCUT2D eigenvalue weighted by atomic mass is 16.4. The van der Waals surface area contributed by atoms with E-state index in [1.807, 2.05) is 20.8 Å². The number of phenolic OH excluding ortho intramolecular Hbond substituents is 1. The Morgan fingerprint density at radius 1 is 0.847 bits per heavy atom. The summed E-state index contributed by atoms with van der Waals surface area (Å²) in [6.07, 6.45) is 2.52. The summed E-state index contributed by atoms with van der Waals surface area (Å²) in [5.74, 6) is -4.53. The molecule has 1 aliphatic heterocycles. The first-order chi connectivity index (χ1) is 27.8. The molecule has 0 aliphatic carbocycles. The van der Waals surface area contributed by atoms with E-state index in [0.29, 0.717) is 37.7 Å². The van der Waals surface area contributed by atoms with Crippen molar-refractivity contribution in [2.45, 2.75) is 128 Å². The van der Waals surface area contributed by atoms with Crippen LogP contribution in [0.2, 0.25) is 0 Å². The molecule has 7 atom stereocenters. The zero-order valence-electron chi connectivity index (χ0n) is 34.7. The van der Waals surface area contributed by atoms with E-state index >= 15 is 0 Å². The van der Waals surface area contributed by atoms with Gasteiger partial charge in [0.05, 0.1) is 6.04 Å². The van der Waals surface area contributed by atoms with Crippen molar-refractivity contribution in [3.63, 3.8) is 0 Å². The van der Waals surface area contributed by atoms with Crippen LogP contribution in [0.25, 0.3) is 0 Å². The number of likely N-dealkylation sites (tertiary alicyclic amines) is 1. The fraction of sp³-hybridized carbons (Fsp3) is 0.641. The van der Waals surface area contributed by atoms with Gasteiger partial charge in [0.1, 0.15) is 29.9 Å². The summed E-state index contributed by atoms with van der Waals surface area (Å²) in [5, 5.41) is 30.6. The SMILES string of the molecule is CC[C@H](C)[C@H](NC(=O)C[C@H](Cc1ccc(O)cc1)NC(=O)[C@@H]1CCCN1C(=O)[C@H](CCCN=C(N)N)NC(=O)[C@@H](N)CCCN=C(N)N)C(=O)N[C@@H](CC(C)C)C(=O)O. The zero-order valence-corrected chi connectivity index (χ0v) is 34.7. The first-order valence-electron chi connectivity index (χ1n) is 20.2. The van der Waals surface area contributed by atoms with Gasteiger partial charge in [-0.2, -0.15) is 0 Å². The molecule has 16 N–H and O–H groups in total. The molecule has 1 aromatic carbocycles. The fourth-order valence-electron chi connectivity index (χ4n) is 6.69. The van der Waals surface area contributed by atoms with Gasteiger partial charge in [-0.05, 0) is 80.9 Å². The van der Waals surface area contributed by atoms with Gasteiger partial charge in [0.25, 0.3) is 0 Å². The van der Waals surface area contributed by atoms with Gasteiger partial charge in [0.15, 0.2) is 11.9 Å². The number of aromatic hydroxyl groups is 1. The molecular weight excluding hydrogens is 765 g/mol. The predicted molar refractivity (Wildman–Crippen MR) is 223 cm³/mol. The number of carboxylic acid groups (broad SMARTS) is 1. The summed E-state index contributed by atoms with van der Waals surface area (Å²) >= 11 is 0. The minimum Gasteiger partial charge on any atom is -0.508 e. The van der Waals surface area contributed by atoms with Crippen LogP contribution in [0, 0.1) is 11.8 Å². The molecule has 0 unspecified atom stereocenters. The Hall–Kier alpha value is -5.66. The molecular formula is C39H66N12O8. The molecule has 0 radical (unpaired) electrons. The number of nitrogens with zero attached hydrogens (tertiary/aromatic N) is 3. The summed E-state index contributed by atoms with van der Waals surface area (Å²) in [4.78, 5) is 89.6. The average molecular weight is 831 g/mol. The molecule has 0 bridgehead atoms. The monoisotopic (exact) mass is 831 g/mol. The smallest absolute Gasteiger partial charge is 0.326 e. The van der Waals surface area contributed by atoms with E-state index in [1.54, 1.807) is 19.1 Å². The Bertz CT molecular complexity index is 1610. The number of benzene rings is 1. The maximum Gasteiger partial charge on any atom is 0.326 e. The van der Waals surface area contributed by atoms with Gasteiger partial charge in [-0.25, -0.2) is 4.79 Å². The number of hydrogen-bond donors (Lipinski definition) is 11. The van der Waals surface area contributed by atoms with Crippen molar-refractivity contribution < 1.29 is 39.0 Å². The van der Waals surface area contributed by atoms with Crippen molar-refractivity contribution in [2.75, 3.05) is 19.6 Å². The molecule has 1 aromatic rings. The predicted octanol–water partition coefficient (Wildman–Crippen LogP) is -1.13. The summed E-state index contributed by atoms with van der Waals surface area (Å²) in [6, 6.07) is 0.254. The number of rotatable bonds is 25. The van der Waals surface area contributed by atoms with Gasteiger partial charge in [-0.1, -0.05) is 46.2 Å². The van der Waals surface area contributed by atoms with Gasteiger partial charge < -0.3 is 65.0 Å². The molecule has 0 aromatic heterocycles. The van der Waals surface area contributed by atoms with E-state index in [2.05, 4.69) is 31.3 Å². The van der Waals surface area contributed by atoms with Crippen molar-refractivity contribution in [3.05, 3.63) is 29.8 Å². The van der Waals surface area contributed by atoms with Crippen LogP contribution in [0.1, 0.15) is 91.0 Å². The number of carbonyl (C=O) groups is 6. The quantitative estimate of drug-likeness (QED) is 0.0316. The Labute approximate surface area is 345 Å². The standard InChI is InChI=1S/C39H66N12O8/c1-5-23(4)32(35(56)49-29(37(58)59)19-22(2)3)50-31(53)21-25(20-24-12-14-26(52)15-13-24)47-34(55)30-11-8-18-51(30)36(57)28(10-7-17-46-39(43)44)48-33(54)27(40)9-6-16-45-38(41)42/h12-15,22-23,25,27-30,32,52H,5-11,16-21,40H2,1-4H3,(H,47,55)(H,48,54)(H,49,56)(H,50,53)(H,58,59)(H4,41,42,45)(H4,43,44,46)/t23-,25-,27-,28-,29-,30-,32-/m0/s1. The van der Waals surface area contributed by atoms with Crippen molar-refractivity contribution in [1.82, 2.24) is 26.2 Å². The molecule has 5 amide bonds. The second-order valence-corrected chi connectivity index (χ2v) is 15.5. The highest BCUT2D eigenvalue weighted by molar-refractivity contribution is 5.94. The first kappa shape index (κ1) is 49.5. The summed E-state index contributed by atoms with van der Waals surface area (Å²) in [7, 11) is 0. The number of carbonyl (C=O) groups excluding carboxylic acids is 5. The van der Waals surface area contributed by atoms with Crippen LogP contribution in [-0.4, -0.2) is 118 Å². The molecule has 0 saturated carbocycles. The summed E-state index contributed by atoms with van der Waals surface area (Å²) in [6.45, 7) is 7.97. The van der Waals surface area contributed by atoms with E-state index in [-0.39, 0.29) is 81.2 Å². The number of aliphatic imine (C=N–C) groups is 2. The van der Waals surface area contributed by atoms with Crippen LogP contribution in [0.5, 0.6) is 5.75 Å². The number of nitrogens with two attached hydrogens (primary N) is 5. The molecule has 2 rings (SSSR count). The van der Waals surface area contributed by atoms with Gasteiger partial charge >= 0.3 is 5.97 Å². The van der Waals surface area contributed by atoms with Crippen LogP contribution in [0.15, 0.2) is 34.3 Å². The zero-order chi connectivity index (χ0) is 44.2. The molecule has 330 valence electrons. The molecule has 1 fully saturated rings. The van der Waals surface area contributed by atoms with Crippen molar-refractivity contribution in [2.24, 2.45) is 50.5 Å². The lowest BCUT2D eigenvalue weighted by Gasteiger charge is -2.31. The molecule has 20 heteroatoms. The Kier molecular flexibility index (Phi) is 20.9. The van der Waals surface area contributed by atoms with E-state index in [4.69, 9.17) is 28.7 Å². The normalized spacial score (nSPS) is 16.7. The summed E-state index contributed by atoms with van der Waals surface area (Å²) < 4.78 is 0. The first-order valence-corrected chi connectivity index (χ1v) is 20.2. The molecule has 1 saturated heterocycles. The van der Waals surface area contributed by atoms with E-state index in [0.717, 1.165) is 0 Å². The molecule has 1 heterocycles. The number of guanidine groups is 2. The lowest BCUT2D eigenvalue weighted by molar-refractivity contribution is -0.143. The number of amides is 5. The van der Waals surface area contributed by atoms with Gasteiger partial charge in [0.2, 0.25) is 29.5 Å². The molecule has 59 heavy (non-hydrogen) atoms. The Morgan fingerprint density at radius 2 is 1.44 bits per heavy atom. The lowest BCUT2D eigenvalue weighted by Crippen LogP contribution is -2.57. The molecule has 1 aliphatic rings. The van der Waals surface area contributed by atoms with Crippen molar-refractivity contribution >= 4 is 47.4 Å². The minimum absolute atomic E-state index is 0.0130. The third kappa shape index (κ3) is 17.8. The fourth-order valence-corrected chi connectivity index (χ4v) is 6.69. The lowest BCUT2D eigenvalue weighted by atomic mass is 9.96. The highest BCUT2D eigenvalue weighted by Crippen LogP contribution is 2.21. The van der Waals surface area contributed by atoms with Crippen LogP contribution in [0.3, 0.4) is 0 Å². The third-order valence-electron chi connectivity index (χ3n) is 10.0. The van der Waals surface area contributed by atoms with E-state index in [1.165, 1.54) is 17.0 Å². The maximum atomic E-state index is 14.1. The number of nitrogens with one attached hydrogen (secondary N) is 4. The minimum atomic E-state index is -1.18. The Morgan fingerprint density at radius 3 is 2.00 bits per heavy atom. The largest absolute Gasteiger partial charge is 0.508 e. The second kappa shape index (κ2) is 25.0. The van der Waals surface area contributed by atoms with Gasteiger partial charge in [-0.15, -0.1) is 0 Å². The van der Waals surface area contributed by atoms with Gasteiger partial charge in [-0.3, -0.25) is 34.0 Å². The highest BCUT2D eigenvalue weighted by Gasteiger charge is 2.39. The van der Waals surface area contributed by atoms with E-state index in [9.17, 15) is 39.0 Å². The van der Waals surface area contributed by atoms with E-state index < -0.39 is 71.8 Å². The van der Waals surface area contributed by atoms with Crippen LogP contribution >= 0.6 is 0 Å².